The molecule has 1 aliphatic rings. The molecule has 0 amide bonds. The summed E-state index contributed by atoms with van der Waals surface area (Å²) in [6, 6.07) is 8.42. The second-order valence-corrected chi connectivity index (χ2v) is 7.50. The van der Waals surface area contributed by atoms with Crippen LogP contribution in [0.3, 0.4) is 0 Å². The largest absolute Gasteiger partial charge is 0.597 e. The van der Waals surface area contributed by atoms with Gasteiger partial charge < -0.3 is 9.66 Å². The van der Waals surface area contributed by atoms with E-state index in [1.807, 2.05) is 51.1 Å². The van der Waals surface area contributed by atoms with Gasteiger partial charge in [-0.1, -0.05) is 30.3 Å². The van der Waals surface area contributed by atoms with E-state index in [9.17, 15) is 14.5 Å². The van der Waals surface area contributed by atoms with Crippen LogP contribution in [0.2, 0.25) is 0 Å². The van der Waals surface area contributed by atoms with Crippen molar-refractivity contribution in [1.29, 1.82) is 0 Å². The number of aliphatic carboxylic acids is 1. The van der Waals surface area contributed by atoms with Gasteiger partial charge in [0.15, 0.2) is 6.04 Å². The minimum atomic E-state index is -1.31. The van der Waals surface area contributed by atoms with Crippen LogP contribution in [0, 0.1) is 0 Å². The molecular formula is C13H17NO3S. The average Bonchev–Trinajstić information content (AvgIpc) is 3.03. The molecule has 2 rings (SSSR count). The van der Waals surface area contributed by atoms with E-state index in [-0.39, 0.29) is 6.04 Å². The van der Waals surface area contributed by atoms with Crippen molar-refractivity contribution in [1.82, 2.24) is 4.31 Å². The Morgan fingerprint density at radius 1 is 1.33 bits per heavy atom. The van der Waals surface area contributed by atoms with Crippen molar-refractivity contribution in [2.45, 2.75) is 37.6 Å². The Labute approximate surface area is 110 Å². The first-order valence-electron chi connectivity index (χ1n) is 5.82. The van der Waals surface area contributed by atoms with Gasteiger partial charge in [0.25, 0.3) is 0 Å². The van der Waals surface area contributed by atoms with Gasteiger partial charge in [-0.15, -0.1) is 4.31 Å². The molecule has 0 spiro atoms. The van der Waals surface area contributed by atoms with Crippen molar-refractivity contribution in [2.24, 2.45) is 0 Å². The molecule has 0 saturated carbocycles. The number of hydrogen-bond acceptors (Lipinski definition) is 3. The van der Waals surface area contributed by atoms with Crippen molar-refractivity contribution >= 4 is 17.3 Å². The van der Waals surface area contributed by atoms with E-state index >= 15 is 0 Å². The summed E-state index contributed by atoms with van der Waals surface area (Å²) in [5, 5.41) is 9.19. The van der Waals surface area contributed by atoms with E-state index in [1.54, 1.807) is 4.31 Å². The Morgan fingerprint density at radius 2 is 1.89 bits per heavy atom. The van der Waals surface area contributed by atoms with E-state index in [0.717, 1.165) is 5.56 Å². The van der Waals surface area contributed by atoms with Crippen LogP contribution in [0.15, 0.2) is 30.3 Å². The van der Waals surface area contributed by atoms with Crippen LogP contribution in [0.5, 0.6) is 0 Å². The SMILES string of the molecule is CC(C)(C)[S@@+]([O-])[N@]1[C@H](c2ccccc2)[C@@H]1C(=O)O. The maximum absolute atomic E-state index is 12.3. The minimum absolute atomic E-state index is 0.274. The van der Waals surface area contributed by atoms with Crippen LogP contribution >= 0.6 is 0 Å². The first-order valence-corrected chi connectivity index (χ1v) is 6.93. The highest BCUT2D eigenvalue weighted by Crippen LogP contribution is 2.48. The number of benzene rings is 1. The summed E-state index contributed by atoms with van der Waals surface area (Å²) >= 11 is -1.31. The molecule has 18 heavy (non-hydrogen) atoms. The number of carboxylic acids is 1. The lowest BCUT2D eigenvalue weighted by Crippen LogP contribution is -2.35. The Morgan fingerprint density at radius 3 is 2.33 bits per heavy atom. The van der Waals surface area contributed by atoms with Gasteiger partial charge in [0.2, 0.25) is 0 Å². The van der Waals surface area contributed by atoms with Crippen molar-refractivity contribution < 1.29 is 14.5 Å². The number of nitrogens with zero attached hydrogens (tertiary/aromatic N) is 1. The first kappa shape index (κ1) is 13.4. The van der Waals surface area contributed by atoms with Crippen LogP contribution < -0.4 is 0 Å². The average molecular weight is 267 g/mol. The quantitative estimate of drug-likeness (QED) is 0.671. The number of carboxylic acid groups (broad SMARTS) is 1. The first-order chi connectivity index (χ1) is 8.34. The standard InChI is InChI=1S/C13H17NO3S/c1-13(2,3)18(17)14-10(11(14)12(15)16)9-7-5-4-6-8-9/h4-8,10-11H,1-3H3,(H,15,16)/t10-,11-,14-,18-/m1/s1. The molecular weight excluding hydrogens is 250 g/mol. The van der Waals surface area contributed by atoms with Gasteiger partial charge in [0, 0.05) is 11.4 Å². The summed E-state index contributed by atoms with van der Waals surface area (Å²) in [7, 11) is 0. The molecule has 1 aliphatic heterocycles. The van der Waals surface area contributed by atoms with Gasteiger partial charge in [-0.3, -0.25) is 4.79 Å². The van der Waals surface area contributed by atoms with E-state index in [4.69, 9.17) is 0 Å². The number of carbonyl (C=O) groups is 1. The molecule has 1 fully saturated rings. The van der Waals surface area contributed by atoms with Gasteiger partial charge in [0.05, 0.1) is 0 Å². The van der Waals surface area contributed by atoms with E-state index < -0.39 is 28.1 Å². The fraction of sp³-hybridized carbons (Fsp3) is 0.462. The van der Waals surface area contributed by atoms with E-state index in [1.165, 1.54) is 0 Å². The molecule has 98 valence electrons. The molecule has 5 heteroatoms. The molecule has 0 bridgehead atoms. The fourth-order valence-electron chi connectivity index (χ4n) is 1.96. The lowest BCUT2D eigenvalue weighted by Gasteiger charge is -2.24. The third-order valence-electron chi connectivity index (χ3n) is 2.87. The zero-order valence-electron chi connectivity index (χ0n) is 10.7. The van der Waals surface area contributed by atoms with Gasteiger partial charge in [-0.05, 0) is 26.3 Å². The second-order valence-electron chi connectivity index (χ2n) is 5.36. The van der Waals surface area contributed by atoms with Crippen molar-refractivity contribution in [2.75, 3.05) is 0 Å². The highest BCUT2D eigenvalue weighted by atomic mass is 32.2. The second kappa shape index (κ2) is 4.57. The lowest BCUT2D eigenvalue weighted by molar-refractivity contribution is -0.137. The smallest absolute Gasteiger partial charge is 0.327 e. The summed E-state index contributed by atoms with van der Waals surface area (Å²) in [5.74, 6) is -0.915. The third kappa shape index (κ3) is 2.39. The van der Waals surface area contributed by atoms with Crippen molar-refractivity contribution in [3.05, 3.63) is 35.9 Å². The summed E-state index contributed by atoms with van der Waals surface area (Å²) in [6.45, 7) is 5.55. The zero-order chi connectivity index (χ0) is 13.5. The molecule has 1 heterocycles. The van der Waals surface area contributed by atoms with Crippen LogP contribution in [0.4, 0.5) is 0 Å². The molecule has 1 N–H and O–H groups in total. The molecule has 4 nitrogen and oxygen atoms in total. The van der Waals surface area contributed by atoms with Crippen molar-refractivity contribution in [3.63, 3.8) is 0 Å². The molecule has 0 radical (unpaired) electrons. The molecule has 1 aromatic rings. The van der Waals surface area contributed by atoms with Crippen LogP contribution in [-0.2, 0) is 16.2 Å². The van der Waals surface area contributed by atoms with Crippen LogP contribution in [0.25, 0.3) is 0 Å². The van der Waals surface area contributed by atoms with Gasteiger partial charge in [0.1, 0.15) is 10.8 Å². The summed E-state index contributed by atoms with van der Waals surface area (Å²) in [4.78, 5) is 11.2. The lowest BCUT2D eigenvalue weighted by atomic mass is 10.1. The van der Waals surface area contributed by atoms with E-state index in [0.29, 0.717) is 0 Å². The maximum Gasteiger partial charge on any atom is 0.327 e. The predicted molar refractivity (Wildman–Crippen MR) is 70.3 cm³/mol. The summed E-state index contributed by atoms with van der Waals surface area (Å²) < 4.78 is 13.4. The maximum atomic E-state index is 12.3. The van der Waals surface area contributed by atoms with E-state index in [2.05, 4.69) is 0 Å². The zero-order valence-corrected chi connectivity index (χ0v) is 11.5. The molecule has 0 unspecified atom stereocenters. The highest BCUT2D eigenvalue weighted by Gasteiger charge is 2.63. The Kier molecular flexibility index (Phi) is 3.40. The molecule has 0 aromatic heterocycles. The van der Waals surface area contributed by atoms with Crippen LogP contribution in [0.1, 0.15) is 32.4 Å². The fourth-order valence-corrected chi connectivity index (χ4v) is 3.39. The van der Waals surface area contributed by atoms with Gasteiger partial charge >= 0.3 is 5.97 Å². The normalized spacial score (nSPS) is 28.8. The Hall–Kier alpha value is -1.04. The minimum Gasteiger partial charge on any atom is -0.597 e. The summed E-state index contributed by atoms with van der Waals surface area (Å²) in [5.41, 5.74) is 0.905. The van der Waals surface area contributed by atoms with Gasteiger partial charge in [-0.25, -0.2) is 0 Å². The monoisotopic (exact) mass is 267 g/mol. The summed E-state index contributed by atoms with van der Waals surface area (Å²) in [6.07, 6.45) is 0. The molecule has 1 saturated heterocycles. The Bertz CT molecular complexity index is 443. The third-order valence-corrected chi connectivity index (χ3v) is 4.75. The molecule has 0 aliphatic carbocycles. The number of rotatable bonds is 3. The van der Waals surface area contributed by atoms with Gasteiger partial charge in [-0.2, -0.15) is 0 Å². The molecule has 4 atom stereocenters. The Balaban J connectivity index is 2.24. The number of hydrogen-bond donors (Lipinski definition) is 1. The highest BCUT2D eigenvalue weighted by molar-refractivity contribution is 7.90. The topological polar surface area (TPSA) is 63.4 Å². The van der Waals surface area contributed by atoms with Crippen molar-refractivity contribution in [3.8, 4) is 0 Å². The van der Waals surface area contributed by atoms with Crippen LogP contribution in [-0.4, -0.2) is 30.7 Å². The molecule has 1 aromatic carbocycles. The predicted octanol–water partition coefficient (Wildman–Crippen LogP) is 1.96.